The van der Waals surface area contributed by atoms with Crippen LogP contribution in [0.5, 0.6) is 23.0 Å². The highest BCUT2D eigenvalue weighted by Crippen LogP contribution is 2.37. The van der Waals surface area contributed by atoms with Gasteiger partial charge >= 0.3 is 0 Å². The van der Waals surface area contributed by atoms with Crippen molar-refractivity contribution in [2.75, 3.05) is 13.6 Å². The van der Waals surface area contributed by atoms with Gasteiger partial charge in [-0.2, -0.15) is 0 Å². The van der Waals surface area contributed by atoms with Crippen LogP contribution in [0.2, 0.25) is 0 Å². The summed E-state index contributed by atoms with van der Waals surface area (Å²) in [5.41, 5.74) is 2.01. The van der Waals surface area contributed by atoms with Gasteiger partial charge in [-0.25, -0.2) is 0 Å². The second-order valence-electron chi connectivity index (χ2n) is 8.22. The number of amides is 1. The average Bonchev–Trinajstić information content (AvgIpc) is 3.35. The molecule has 0 atom stereocenters. The first kappa shape index (κ1) is 19.1. The first-order valence-corrected chi connectivity index (χ1v) is 10.8. The zero-order valence-corrected chi connectivity index (χ0v) is 17.1. The predicted octanol–water partition coefficient (Wildman–Crippen LogP) is 4.64. The lowest BCUT2D eigenvalue weighted by molar-refractivity contribution is -0.137. The molecule has 1 amide bonds. The van der Waals surface area contributed by atoms with Crippen LogP contribution in [0.15, 0.2) is 36.4 Å². The van der Waals surface area contributed by atoms with Crippen molar-refractivity contribution in [3.8, 4) is 23.0 Å². The fourth-order valence-corrected chi connectivity index (χ4v) is 4.58. The number of benzene rings is 2. The third-order valence-corrected chi connectivity index (χ3v) is 6.17. The summed E-state index contributed by atoms with van der Waals surface area (Å²) in [5, 5.41) is 0. The van der Waals surface area contributed by atoms with Crippen molar-refractivity contribution in [1.82, 2.24) is 4.90 Å². The largest absolute Gasteiger partial charge is 0.454 e. The summed E-state index contributed by atoms with van der Waals surface area (Å²) >= 11 is 0. The van der Waals surface area contributed by atoms with Gasteiger partial charge in [0, 0.05) is 24.6 Å². The summed E-state index contributed by atoms with van der Waals surface area (Å²) < 4.78 is 22.2. The molecule has 30 heavy (non-hydrogen) atoms. The maximum Gasteiger partial charge on any atom is 0.231 e. The average molecular weight is 409 g/mol. The van der Waals surface area contributed by atoms with E-state index in [1.807, 2.05) is 41.3 Å². The first-order chi connectivity index (χ1) is 14.8. The molecule has 0 spiro atoms. The van der Waals surface area contributed by atoms with Crippen molar-refractivity contribution < 1.29 is 23.7 Å². The van der Waals surface area contributed by atoms with Crippen LogP contribution in [0.1, 0.15) is 49.7 Å². The Hall–Kier alpha value is -2.89. The van der Waals surface area contributed by atoms with Gasteiger partial charge in [-0.05, 0) is 36.6 Å². The van der Waals surface area contributed by atoms with Crippen molar-refractivity contribution in [1.29, 1.82) is 0 Å². The van der Waals surface area contributed by atoms with Gasteiger partial charge in [-0.3, -0.25) is 4.79 Å². The standard InChI is InChI=1S/C24H27NO5/c26-24(18-6-3-1-2-4-7-18)25(13-17-10-11-20-22(12-17)29-15-27-20)14-19-8-5-9-21-23(19)30-16-28-21/h5,8-12,18H,1-4,6-7,13-16H2. The van der Waals surface area contributed by atoms with E-state index in [9.17, 15) is 4.79 Å². The van der Waals surface area contributed by atoms with Crippen molar-refractivity contribution >= 4 is 5.91 Å². The smallest absolute Gasteiger partial charge is 0.231 e. The number of hydrogen-bond acceptors (Lipinski definition) is 5. The van der Waals surface area contributed by atoms with Gasteiger partial charge in [0.25, 0.3) is 0 Å². The van der Waals surface area contributed by atoms with Crippen LogP contribution in [0.4, 0.5) is 0 Å². The third kappa shape index (κ3) is 3.91. The maximum absolute atomic E-state index is 13.6. The molecule has 2 heterocycles. The molecule has 5 rings (SSSR count). The molecule has 0 N–H and O–H groups in total. The van der Waals surface area contributed by atoms with E-state index in [-0.39, 0.29) is 25.4 Å². The first-order valence-electron chi connectivity index (χ1n) is 10.8. The molecule has 2 aliphatic heterocycles. The summed E-state index contributed by atoms with van der Waals surface area (Å²) in [6.45, 7) is 1.49. The van der Waals surface area contributed by atoms with Gasteiger partial charge in [0.15, 0.2) is 23.0 Å². The Balaban J connectivity index is 1.41. The molecule has 6 heteroatoms. The van der Waals surface area contributed by atoms with Crippen LogP contribution in [0, 0.1) is 5.92 Å². The number of fused-ring (bicyclic) bond motifs is 2. The molecule has 1 fully saturated rings. The van der Waals surface area contributed by atoms with E-state index in [0.29, 0.717) is 13.1 Å². The minimum atomic E-state index is 0.0930. The van der Waals surface area contributed by atoms with Crippen LogP contribution >= 0.6 is 0 Å². The highest BCUT2D eigenvalue weighted by atomic mass is 16.7. The van der Waals surface area contributed by atoms with Crippen LogP contribution in [0.3, 0.4) is 0 Å². The summed E-state index contributed by atoms with van der Waals surface area (Å²) in [4.78, 5) is 15.6. The minimum Gasteiger partial charge on any atom is -0.454 e. The molecule has 1 saturated carbocycles. The Labute approximate surface area is 176 Å². The normalized spacial score (nSPS) is 17.6. The van der Waals surface area contributed by atoms with Gasteiger partial charge in [0.2, 0.25) is 19.5 Å². The van der Waals surface area contributed by atoms with Crippen LogP contribution in [0.25, 0.3) is 0 Å². The molecule has 0 saturated heterocycles. The highest BCUT2D eigenvalue weighted by Gasteiger charge is 2.28. The van der Waals surface area contributed by atoms with E-state index in [0.717, 1.165) is 59.8 Å². The van der Waals surface area contributed by atoms with Gasteiger partial charge in [-0.15, -0.1) is 0 Å². The Morgan fingerprint density at radius 1 is 0.833 bits per heavy atom. The number of carbonyl (C=O) groups is 1. The fraction of sp³-hybridized carbons (Fsp3) is 0.458. The van der Waals surface area contributed by atoms with Gasteiger partial charge in [-0.1, -0.05) is 43.9 Å². The van der Waals surface area contributed by atoms with Crippen LogP contribution in [-0.2, 0) is 17.9 Å². The molecule has 0 aromatic heterocycles. The molecule has 0 bridgehead atoms. The number of para-hydroxylation sites is 1. The maximum atomic E-state index is 13.6. The van der Waals surface area contributed by atoms with E-state index < -0.39 is 0 Å². The second-order valence-corrected chi connectivity index (χ2v) is 8.22. The minimum absolute atomic E-state index is 0.0930. The zero-order chi connectivity index (χ0) is 20.3. The monoisotopic (exact) mass is 409 g/mol. The topological polar surface area (TPSA) is 57.2 Å². The second kappa shape index (κ2) is 8.46. The molecule has 2 aromatic carbocycles. The lowest BCUT2D eigenvalue weighted by Gasteiger charge is -2.28. The quantitative estimate of drug-likeness (QED) is 0.673. The van der Waals surface area contributed by atoms with Crippen molar-refractivity contribution in [2.45, 2.75) is 51.6 Å². The Morgan fingerprint density at radius 2 is 1.60 bits per heavy atom. The molecule has 6 nitrogen and oxygen atoms in total. The Kier molecular flexibility index (Phi) is 5.39. The molecular weight excluding hydrogens is 382 g/mol. The lowest BCUT2D eigenvalue weighted by atomic mass is 9.98. The van der Waals surface area contributed by atoms with Crippen molar-refractivity contribution in [2.24, 2.45) is 5.92 Å². The van der Waals surface area contributed by atoms with Crippen molar-refractivity contribution in [3.05, 3.63) is 47.5 Å². The van der Waals surface area contributed by atoms with E-state index in [4.69, 9.17) is 18.9 Å². The van der Waals surface area contributed by atoms with Crippen molar-refractivity contribution in [3.63, 3.8) is 0 Å². The van der Waals surface area contributed by atoms with E-state index >= 15 is 0 Å². The summed E-state index contributed by atoms with van der Waals surface area (Å²) in [5.74, 6) is 3.32. The number of hydrogen-bond donors (Lipinski definition) is 0. The number of carbonyl (C=O) groups excluding carboxylic acids is 1. The van der Waals surface area contributed by atoms with Gasteiger partial charge < -0.3 is 23.8 Å². The molecule has 3 aliphatic rings. The highest BCUT2D eigenvalue weighted by molar-refractivity contribution is 5.79. The predicted molar refractivity (Wildman–Crippen MR) is 111 cm³/mol. The third-order valence-electron chi connectivity index (χ3n) is 6.17. The number of rotatable bonds is 5. The number of nitrogens with zero attached hydrogens (tertiary/aromatic N) is 1. The summed E-state index contributed by atoms with van der Waals surface area (Å²) in [6, 6.07) is 11.8. The fourth-order valence-electron chi connectivity index (χ4n) is 4.58. The Bertz CT molecular complexity index is 920. The molecule has 0 unspecified atom stereocenters. The van der Waals surface area contributed by atoms with E-state index in [2.05, 4.69) is 0 Å². The molecule has 158 valence electrons. The summed E-state index contributed by atoms with van der Waals surface area (Å²) in [7, 11) is 0. The van der Waals surface area contributed by atoms with E-state index in [1.165, 1.54) is 12.8 Å². The summed E-state index contributed by atoms with van der Waals surface area (Å²) in [6.07, 6.45) is 6.66. The SMILES string of the molecule is O=C(C1CCCCCC1)N(Cc1ccc2c(c1)OCO2)Cc1cccc2c1OCO2. The van der Waals surface area contributed by atoms with E-state index in [1.54, 1.807) is 0 Å². The van der Waals surface area contributed by atoms with Crippen LogP contribution in [-0.4, -0.2) is 24.4 Å². The zero-order valence-electron chi connectivity index (χ0n) is 17.1. The molecule has 0 radical (unpaired) electrons. The van der Waals surface area contributed by atoms with Gasteiger partial charge in [0.1, 0.15) is 0 Å². The molecule has 2 aromatic rings. The molecule has 1 aliphatic carbocycles. The van der Waals surface area contributed by atoms with Crippen LogP contribution < -0.4 is 18.9 Å². The lowest BCUT2D eigenvalue weighted by Crippen LogP contribution is -2.35. The molecular formula is C24H27NO5. The van der Waals surface area contributed by atoms with Gasteiger partial charge in [0.05, 0.1) is 0 Å². The number of ether oxygens (including phenoxy) is 4. The Morgan fingerprint density at radius 3 is 2.47 bits per heavy atom.